The van der Waals surface area contributed by atoms with Gasteiger partial charge < -0.3 is 24.8 Å². The number of allylic oxidation sites excluding steroid dienone is 4. The second kappa shape index (κ2) is 12.3. The molecule has 0 nitrogen and oxygen atoms in total. The number of hydrogen-bond donors (Lipinski definition) is 0. The molecule has 0 spiro atoms. The van der Waals surface area contributed by atoms with E-state index in [1.165, 1.54) is 69.4 Å². The van der Waals surface area contributed by atoms with Crippen LogP contribution < -0.4 is 35.3 Å². The zero-order chi connectivity index (χ0) is 28.2. The third-order valence-electron chi connectivity index (χ3n) is 8.26. The third kappa shape index (κ3) is 5.73. The predicted molar refractivity (Wildman–Crippen MR) is 167 cm³/mol. The average Bonchev–Trinajstić information content (AvgIpc) is 3.55. The summed E-state index contributed by atoms with van der Waals surface area (Å²) in [4.78, 5) is 0. The van der Waals surface area contributed by atoms with Crippen LogP contribution in [0.15, 0.2) is 103 Å². The van der Waals surface area contributed by atoms with E-state index >= 15 is 0 Å². The van der Waals surface area contributed by atoms with Gasteiger partial charge in [-0.05, 0) is 0 Å². The molecule has 0 fully saturated rings. The number of fused-ring (bicyclic) bond motifs is 3. The number of rotatable bonds is 3. The van der Waals surface area contributed by atoms with Gasteiger partial charge in [-0.25, -0.2) is 0 Å². The summed E-state index contributed by atoms with van der Waals surface area (Å²) in [7, 11) is 0. The number of halogens is 2. The fourth-order valence-corrected chi connectivity index (χ4v) is 8.04. The Kier molecular flexibility index (Phi) is 9.49. The molecule has 2 aliphatic carbocycles. The van der Waals surface area contributed by atoms with Crippen LogP contribution in [-0.4, -0.2) is 0 Å². The van der Waals surface area contributed by atoms with Crippen LogP contribution in [0.25, 0.3) is 25.6 Å². The van der Waals surface area contributed by atoms with Gasteiger partial charge in [0.25, 0.3) is 0 Å². The quantitative estimate of drug-likeness (QED) is 0.283. The maximum absolute atomic E-state index is 2.54. The van der Waals surface area contributed by atoms with E-state index in [9.17, 15) is 0 Å². The van der Waals surface area contributed by atoms with Crippen molar-refractivity contribution in [3.05, 3.63) is 147 Å². The molecule has 0 bridgehead atoms. The van der Waals surface area contributed by atoms with Gasteiger partial charge in [-0.1, -0.05) is 0 Å². The number of hydrogen-bond acceptors (Lipinski definition) is 0. The van der Waals surface area contributed by atoms with Gasteiger partial charge in [0.15, 0.2) is 0 Å². The Hall–Kier alpha value is -2.45. The third-order valence-corrected chi connectivity index (χ3v) is 10.1. The molecule has 42 heavy (non-hydrogen) atoms. The molecule has 2 aliphatic rings. The molecule has 0 aliphatic heterocycles. The maximum atomic E-state index is 2.54. The Bertz CT molecular complexity index is 1770. The summed E-state index contributed by atoms with van der Waals surface area (Å²) in [5.41, 5.74) is 13.9. The second-order valence-electron chi connectivity index (χ2n) is 13.2. The van der Waals surface area contributed by atoms with Crippen LogP contribution in [0.2, 0.25) is 0 Å². The van der Waals surface area contributed by atoms with Crippen molar-refractivity contribution >= 4 is 14.5 Å². The van der Waals surface area contributed by atoms with Gasteiger partial charge >= 0.3 is 256 Å². The van der Waals surface area contributed by atoms with E-state index in [0.29, 0.717) is 0 Å². The normalized spacial score (nSPS) is 13.6. The van der Waals surface area contributed by atoms with Gasteiger partial charge in [0.1, 0.15) is 0 Å². The van der Waals surface area contributed by atoms with Crippen molar-refractivity contribution in [2.24, 2.45) is 0 Å². The molecule has 211 valence electrons. The van der Waals surface area contributed by atoms with Crippen molar-refractivity contribution in [3.63, 3.8) is 0 Å². The van der Waals surface area contributed by atoms with Gasteiger partial charge in [-0.2, -0.15) is 0 Å². The van der Waals surface area contributed by atoms with Gasteiger partial charge in [0.2, 0.25) is 0 Å². The van der Waals surface area contributed by atoms with Gasteiger partial charge in [0.05, 0.1) is 0 Å². The van der Waals surface area contributed by atoms with E-state index < -0.39 is 0 Å². The van der Waals surface area contributed by atoms with Crippen LogP contribution in [-0.2, 0) is 35.2 Å². The largest absolute Gasteiger partial charge is 1.00 e. The Morgan fingerprint density at radius 2 is 1.26 bits per heavy atom. The molecule has 4 aromatic carbocycles. The summed E-state index contributed by atoms with van der Waals surface area (Å²) in [6, 6.07) is 31.8. The van der Waals surface area contributed by atoms with Crippen molar-refractivity contribution in [1.82, 2.24) is 0 Å². The molecular weight excluding hydrogens is 718 g/mol. The predicted octanol–water partition coefficient (Wildman–Crippen LogP) is 2.56. The molecule has 0 radical (unpaired) electrons. The average molecular weight is 755 g/mol. The first-order chi connectivity index (χ1) is 19.1. The molecule has 3 heteroatoms. The fraction of sp³-hybridized carbons (Fsp3) is 0.231. The van der Waals surface area contributed by atoms with Crippen LogP contribution in [0.1, 0.15) is 81.3 Å². The molecule has 4 aromatic rings. The molecule has 0 unspecified atom stereocenters. The smallest absolute Gasteiger partial charge is 1.00 e. The summed E-state index contributed by atoms with van der Waals surface area (Å²) < 4.78 is 1.54. The van der Waals surface area contributed by atoms with Gasteiger partial charge in [0, 0.05) is 0 Å². The van der Waals surface area contributed by atoms with E-state index in [1.54, 1.807) is 0 Å². The van der Waals surface area contributed by atoms with Crippen LogP contribution in [0.4, 0.5) is 0 Å². The summed E-state index contributed by atoms with van der Waals surface area (Å²) in [5, 5.41) is 2.84. The molecular formula is C39H37Cl2Hf. The van der Waals surface area contributed by atoms with Crippen LogP contribution >= 0.6 is 0 Å². The van der Waals surface area contributed by atoms with Crippen molar-refractivity contribution < 1.29 is 49.2 Å². The van der Waals surface area contributed by atoms with E-state index in [0.717, 1.165) is 30.8 Å². The molecule has 0 amide bonds. The Morgan fingerprint density at radius 3 is 1.76 bits per heavy atom. The minimum Gasteiger partial charge on any atom is -1.00 e. The zero-order valence-electron chi connectivity index (χ0n) is 25.3. The van der Waals surface area contributed by atoms with Crippen molar-refractivity contribution in [1.29, 1.82) is 0 Å². The van der Waals surface area contributed by atoms with E-state index in [1.807, 2.05) is 0 Å². The van der Waals surface area contributed by atoms with Crippen LogP contribution in [0.3, 0.4) is 0 Å². The molecule has 6 rings (SSSR count). The Morgan fingerprint density at radius 1 is 0.667 bits per heavy atom. The molecule has 0 heterocycles. The van der Waals surface area contributed by atoms with Gasteiger partial charge in [-0.15, -0.1) is 0 Å². The SMILES string of the molecule is CC(C)(C)c1ccc2c(c1)[C]([Hf+2])=c1c-2cc(=C(c2ccccc2)c2ccccc2)c(C(C)(C)C)c1C1=CC=CC1.[Cl-].[Cl-]. The Balaban J connectivity index is 0.00000202. The monoisotopic (exact) mass is 755 g/mol. The molecule has 0 N–H and O–H groups in total. The summed E-state index contributed by atoms with van der Waals surface area (Å²) >= 11 is 1.00. The molecule has 0 aromatic heterocycles. The molecule has 0 atom stereocenters. The van der Waals surface area contributed by atoms with Crippen LogP contribution in [0.5, 0.6) is 0 Å². The van der Waals surface area contributed by atoms with Crippen molar-refractivity contribution in [2.75, 3.05) is 0 Å². The van der Waals surface area contributed by atoms with Crippen molar-refractivity contribution in [3.8, 4) is 11.1 Å². The minimum atomic E-state index is -0.0505. The van der Waals surface area contributed by atoms with E-state index in [-0.39, 0.29) is 35.6 Å². The zero-order valence-corrected chi connectivity index (χ0v) is 30.4. The second-order valence-corrected chi connectivity index (χ2v) is 15.0. The molecule has 0 saturated carbocycles. The van der Waals surface area contributed by atoms with Crippen LogP contribution in [0, 0.1) is 0 Å². The maximum Gasteiger partial charge on any atom is -1.00 e. The fourth-order valence-electron chi connectivity index (χ4n) is 6.36. The summed E-state index contributed by atoms with van der Waals surface area (Å²) in [5.74, 6) is 0. The standard InChI is InChI=1S/C39H37.2ClH.Hf/c1-38(2,3)30-21-22-31-29(23-30)24-33-32(31)25-34(37(39(4,5)6)36(33)28-19-13-14-20-28)35(26-15-9-7-10-16-26)27-17-11-8-12-18-27;;;/h7-19,21-23,25H,20H2,1-6H3;2*1H;/q;;;+2/p-2. The van der Waals surface area contributed by atoms with Crippen molar-refractivity contribution in [2.45, 2.75) is 58.8 Å². The first-order valence-corrected chi connectivity index (χ1v) is 16.2. The first-order valence-electron chi connectivity index (χ1n) is 14.4. The first kappa shape index (κ1) is 32.5. The van der Waals surface area contributed by atoms with Gasteiger partial charge in [-0.3, -0.25) is 0 Å². The Labute approximate surface area is 278 Å². The topological polar surface area (TPSA) is 0 Å². The summed E-state index contributed by atoms with van der Waals surface area (Å²) in [6.07, 6.45) is 7.90. The minimum absolute atomic E-state index is 0. The summed E-state index contributed by atoms with van der Waals surface area (Å²) in [6.45, 7) is 14.1. The number of benzene rings is 4. The molecule has 0 saturated heterocycles. The van der Waals surface area contributed by atoms with E-state index in [2.05, 4.69) is 145 Å². The van der Waals surface area contributed by atoms with E-state index in [4.69, 9.17) is 0 Å².